The summed E-state index contributed by atoms with van der Waals surface area (Å²) in [6, 6.07) is 13.8. The molecule has 0 spiro atoms. The van der Waals surface area contributed by atoms with E-state index < -0.39 is 11.6 Å². The van der Waals surface area contributed by atoms with Crippen molar-refractivity contribution in [3.05, 3.63) is 70.8 Å². The monoisotopic (exact) mass is 294 g/mol. The van der Waals surface area contributed by atoms with Crippen LogP contribution in [0, 0.1) is 0 Å². The second kappa shape index (κ2) is 7.22. The summed E-state index contributed by atoms with van der Waals surface area (Å²) in [6.07, 6.45) is 2.15. The first-order valence-electron chi connectivity index (χ1n) is 6.81. The van der Waals surface area contributed by atoms with Crippen LogP contribution in [-0.4, -0.2) is 24.1 Å². The molecule has 0 heterocycles. The van der Waals surface area contributed by atoms with Gasteiger partial charge < -0.3 is 0 Å². The van der Waals surface area contributed by atoms with Crippen LogP contribution >= 0.6 is 0 Å². The van der Waals surface area contributed by atoms with Gasteiger partial charge in [-0.2, -0.15) is 0 Å². The third-order valence-electron chi connectivity index (χ3n) is 3.39. The molecule has 4 heteroatoms. The Morgan fingerprint density at radius 3 is 1.23 bits per heavy atom. The predicted octanol–water partition coefficient (Wildman–Crippen LogP) is 2.24. The number of ketones is 2. The van der Waals surface area contributed by atoms with Gasteiger partial charge in [-0.05, 0) is 24.0 Å². The van der Waals surface area contributed by atoms with Crippen molar-refractivity contribution in [3.8, 4) is 0 Å². The van der Waals surface area contributed by atoms with E-state index in [-0.39, 0.29) is 0 Å². The Kier molecular flexibility index (Phi) is 5.09. The Balaban J connectivity index is 1.98. The van der Waals surface area contributed by atoms with E-state index in [9.17, 15) is 19.2 Å². The van der Waals surface area contributed by atoms with Crippen molar-refractivity contribution in [2.24, 2.45) is 0 Å². The molecule has 0 bridgehead atoms. The van der Waals surface area contributed by atoms with Gasteiger partial charge in [0.15, 0.2) is 12.6 Å². The summed E-state index contributed by atoms with van der Waals surface area (Å²) in [5.41, 5.74) is 2.87. The second-order valence-corrected chi connectivity index (χ2v) is 4.86. The Morgan fingerprint density at radius 2 is 0.955 bits per heavy atom. The number of carbonyl (C=O) groups excluding carboxylic acids is 4. The maximum atomic E-state index is 11.2. The van der Waals surface area contributed by atoms with E-state index in [1.807, 2.05) is 24.3 Å². The number of benzene rings is 2. The topological polar surface area (TPSA) is 68.3 Å². The van der Waals surface area contributed by atoms with Gasteiger partial charge in [0.25, 0.3) is 0 Å². The van der Waals surface area contributed by atoms with Crippen LogP contribution in [0.5, 0.6) is 0 Å². The third-order valence-corrected chi connectivity index (χ3v) is 3.39. The molecule has 22 heavy (non-hydrogen) atoms. The molecule has 0 aliphatic heterocycles. The number of hydrogen-bond donors (Lipinski definition) is 0. The van der Waals surface area contributed by atoms with Crippen LogP contribution in [0.3, 0.4) is 0 Å². The molecule has 4 nitrogen and oxygen atoms in total. The van der Waals surface area contributed by atoms with Crippen molar-refractivity contribution in [2.75, 3.05) is 0 Å². The van der Waals surface area contributed by atoms with Gasteiger partial charge in [0, 0.05) is 11.1 Å². The third kappa shape index (κ3) is 3.82. The van der Waals surface area contributed by atoms with Gasteiger partial charge in [-0.1, -0.05) is 48.5 Å². The Morgan fingerprint density at radius 1 is 0.636 bits per heavy atom. The molecule has 2 aromatic rings. The van der Waals surface area contributed by atoms with Gasteiger partial charge in [0.05, 0.1) is 0 Å². The number of Topliss-reactive ketones (excluding diaryl/α,β-unsaturated/α-hetero) is 2. The average molecular weight is 294 g/mol. The molecule has 0 aliphatic carbocycles. The molecule has 0 atom stereocenters. The minimum atomic E-state index is -0.526. The number of carbonyl (C=O) groups is 4. The van der Waals surface area contributed by atoms with E-state index in [0.717, 1.165) is 24.0 Å². The van der Waals surface area contributed by atoms with Crippen molar-refractivity contribution in [3.63, 3.8) is 0 Å². The maximum Gasteiger partial charge on any atom is 0.225 e. The maximum absolute atomic E-state index is 11.2. The van der Waals surface area contributed by atoms with Crippen LogP contribution in [0.15, 0.2) is 48.5 Å². The van der Waals surface area contributed by atoms with Crippen molar-refractivity contribution >= 4 is 24.1 Å². The molecule has 0 unspecified atom stereocenters. The summed E-state index contributed by atoms with van der Waals surface area (Å²) in [5, 5.41) is 0. The highest BCUT2D eigenvalue weighted by molar-refractivity contribution is 6.33. The summed E-state index contributed by atoms with van der Waals surface area (Å²) in [5.74, 6) is -1.05. The summed E-state index contributed by atoms with van der Waals surface area (Å²) in [6.45, 7) is 0. The van der Waals surface area contributed by atoms with Gasteiger partial charge in [-0.3, -0.25) is 19.2 Å². The molecule has 2 rings (SSSR count). The van der Waals surface area contributed by atoms with E-state index in [2.05, 4.69) is 0 Å². The minimum absolute atomic E-state index is 0.303. The molecule has 0 radical (unpaired) electrons. The normalized spacial score (nSPS) is 10.0. The Hall–Kier alpha value is -2.88. The van der Waals surface area contributed by atoms with E-state index >= 15 is 0 Å². The van der Waals surface area contributed by atoms with Gasteiger partial charge in [-0.25, -0.2) is 0 Å². The smallest absolute Gasteiger partial charge is 0.225 e. The fourth-order valence-corrected chi connectivity index (χ4v) is 2.10. The first-order chi connectivity index (χ1) is 10.6. The Bertz CT molecular complexity index is 633. The highest BCUT2D eigenvalue weighted by atomic mass is 16.2. The largest absolute Gasteiger partial charge is 0.294 e. The average Bonchev–Trinajstić information content (AvgIpc) is 2.59. The van der Waals surface area contributed by atoms with Crippen molar-refractivity contribution < 1.29 is 19.2 Å². The first kappa shape index (κ1) is 15.5. The van der Waals surface area contributed by atoms with Crippen LogP contribution < -0.4 is 0 Å². The molecule has 110 valence electrons. The molecule has 0 amide bonds. The number of rotatable bonds is 7. The molecule has 0 N–H and O–H groups in total. The summed E-state index contributed by atoms with van der Waals surface area (Å²) in [7, 11) is 0. The quantitative estimate of drug-likeness (QED) is 0.446. The lowest BCUT2D eigenvalue weighted by Gasteiger charge is -2.04. The lowest BCUT2D eigenvalue weighted by molar-refractivity contribution is -0.105. The number of aryl methyl sites for hydroxylation is 2. The molecule has 0 saturated carbocycles. The SMILES string of the molecule is O=CC(=O)c1ccc(CCc2ccc(C(=O)C=O)cc2)cc1. The van der Waals surface area contributed by atoms with Gasteiger partial charge in [0.2, 0.25) is 11.6 Å². The van der Waals surface area contributed by atoms with Crippen molar-refractivity contribution in [1.29, 1.82) is 0 Å². The van der Waals surface area contributed by atoms with Gasteiger partial charge in [0.1, 0.15) is 0 Å². The molecule has 0 aliphatic rings. The minimum Gasteiger partial charge on any atom is -0.294 e. The van der Waals surface area contributed by atoms with E-state index in [1.54, 1.807) is 24.3 Å². The van der Waals surface area contributed by atoms with Crippen LogP contribution in [-0.2, 0) is 22.4 Å². The van der Waals surface area contributed by atoms with Crippen LogP contribution in [0.25, 0.3) is 0 Å². The fourth-order valence-electron chi connectivity index (χ4n) is 2.10. The highest BCUT2D eigenvalue weighted by Crippen LogP contribution is 2.11. The summed E-state index contributed by atoms with van der Waals surface area (Å²) >= 11 is 0. The van der Waals surface area contributed by atoms with Gasteiger partial charge >= 0.3 is 0 Å². The first-order valence-corrected chi connectivity index (χ1v) is 6.81. The molecular weight excluding hydrogens is 280 g/mol. The molecule has 0 fully saturated rings. The number of hydrogen-bond acceptors (Lipinski definition) is 4. The lowest BCUT2D eigenvalue weighted by atomic mass is 10.0. The van der Waals surface area contributed by atoms with E-state index in [0.29, 0.717) is 23.7 Å². The molecule has 0 aromatic heterocycles. The van der Waals surface area contributed by atoms with Gasteiger partial charge in [-0.15, -0.1) is 0 Å². The fraction of sp³-hybridized carbons (Fsp3) is 0.111. The summed E-state index contributed by atoms with van der Waals surface area (Å²) < 4.78 is 0. The molecule has 0 saturated heterocycles. The Labute approximate surface area is 127 Å². The molecular formula is C18H14O4. The zero-order chi connectivity index (χ0) is 15.9. The lowest BCUT2D eigenvalue weighted by Crippen LogP contribution is -2.01. The zero-order valence-electron chi connectivity index (χ0n) is 11.8. The molecule has 2 aromatic carbocycles. The predicted molar refractivity (Wildman–Crippen MR) is 81.1 cm³/mol. The second-order valence-electron chi connectivity index (χ2n) is 4.86. The van der Waals surface area contributed by atoms with Crippen LogP contribution in [0.4, 0.5) is 0 Å². The van der Waals surface area contributed by atoms with Crippen LogP contribution in [0.1, 0.15) is 31.8 Å². The zero-order valence-corrected chi connectivity index (χ0v) is 11.8. The van der Waals surface area contributed by atoms with Crippen molar-refractivity contribution in [1.82, 2.24) is 0 Å². The highest BCUT2D eigenvalue weighted by Gasteiger charge is 2.05. The van der Waals surface area contributed by atoms with E-state index in [4.69, 9.17) is 0 Å². The van der Waals surface area contributed by atoms with E-state index in [1.165, 1.54) is 0 Å². The standard InChI is InChI=1S/C18H14O4/c19-11-17(21)15-7-3-13(4-8-15)1-2-14-5-9-16(10-6-14)18(22)12-20/h3-12H,1-2H2. The number of aldehydes is 2. The van der Waals surface area contributed by atoms with Crippen molar-refractivity contribution in [2.45, 2.75) is 12.8 Å². The van der Waals surface area contributed by atoms with Crippen LogP contribution in [0.2, 0.25) is 0 Å². The summed E-state index contributed by atoms with van der Waals surface area (Å²) in [4.78, 5) is 43.2.